The first-order valence-corrected chi connectivity index (χ1v) is 10.2. The molecule has 1 heterocycles. The van der Waals surface area contributed by atoms with E-state index in [9.17, 15) is 14.0 Å². The third-order valence-electron chi connectivity index (χ3n) is 4.81. The van der Waals surface area contributed by atoms with E-state index in [0.29, 0.717) is 28.1 Å². The maximum atomic E-state index is 13.8. The molecule has 2 aromatic rings. The van der Waals surface area contributed by atoms with Crippen molar-refractivity contribution in [2.24, 2.45) is 5.92 Å². The van der Waals surface area contributed by atoms with Crippen LogP contribution in [0.5, 0.6) is 5.75 Å². The zero-order valence-corrected chi connectivity index (χ0v) is 18.1. The summed E-state index contributed by atoms with van der Waals surface area (Å²) in [6.45, 7) is 7.46. The molecule has 6 nitrogen and oxygen atoms in total. The van der Waals surface area contributed by atoms with E-state index < -0.39 is 12.0 Å². The van der Waals surface area contributed by atoms with Crippen LogP contribution in [-0.2, 0) is 16.1 Å². The molecule has 2 amide bonds. The predicted octanol–water partition coefficient (Wildman–Crippen LogP) is 4.62. The van der Waals surface area contributed by atoms with Crippen LogP contribution in [0, 0.1) is 11.7 Å². The Hall–Kier alpha value is -3.35. The molecule has 164 valence electrons. The van der Waals surface area contributed by atoms with Gasteiger partial charge in [0.1, 0.15) is 18.2 Å². The SMILES string of the molecule is CC(C)OC(=O)C1=C(C(C)C)NC(=O)NC1c1ccc(OCc2ccccc2F)cc1. The number of nitrogens with one attached hydrogen (secondary N) is 2. The number of ether oxygens (including phenoxy) is 2. The molecule has 0 bridgehead atoms. The highest BCUT2D eigenvalue weighted by atomic mass is 19.1. The van der Waals surface area contributed by atoms with Crippen LogP contribution in [0.15, 0.2) is 59.8 Å². The zero-order chi connectivity index (χ0) is 22.5. The van der Waals surface area contributed by atoms with Crippen molar-refractivity contribution in [3.63, 3.8) is 0 Å². The zero-order valence-electron chi connectivity index (χ0n) is 18.1. The molecule has 0 fully saturated rings. The van der Waals surface area contributed by atoms with E-state index >= 15 is 0 Å². The van der Waals surface area contributed by atoms with Gasteiger partial charge >= 0.3 is 12.0 Å². The van der Waals surface area contributed by atoms with E-state index in [1.807, 2.05) is 13.8 Å². The van der Waals surface area contributed by atoms with Gasteiger partial charge in [0.05, 0.1) is 17.7 Å². The molecule has 0 radical (unpaired) electrons. The van der Waals surface area contributed by atoms with E-state index in [4.69, 9.17) is 9.47 Å². The standard InChI is InChI=1S/C24H27FN2O4/c1-14(2)21-20(23(28)31-15(3)4)22(27-24(29)26-21)16-9-11-18(12-10-16)30-13-17-7-5-6-8-19(17)25/h5-12,14-15,22H,13H2,1-4H3,(H2,26,27,29). The molecule has 1 unspecified atom stereocenters. The summed E-state index contributed by atoms with van der Waals surface area (Å²) < 4.78 is 24.9. The molecular weight excluding hydrogens is 399 g/mol. The summed E-state index contributed by atoms with van der Waals surface area (Å²) in [5.74, 6) is -0.328. The Bertz CT molecular complexity index is 983. The molecular formula is C24H27FN2O4. The van der Waals surface area contributed by atoms with Crippen LogP contribution in [0.2, 0.25) is 0 Å². The van der Waals surface area contributed by atoms with Gasteiger partial charge in [-0.15, -0.1) is 0 Å². The van der Waals surface area contributed by atoms with Gasteiger partial charge in [0.25, 0.3) is 0 Å². The maximum Gasteiger partial charge on any atom is 0.338 e. The van der Waals surface area contributed by atoms with Gasteiger partial charge in [0.2, 0.25) is 0 Å². The largest absolute Gasteiger partial charge is 0.489 e. The van der Waals surface area contributed by atoms with Crippen molar-refractivity contribution in [2.75, 3.05) is 0 Å². The Labute approximate surface area is 181 Å². The number of hydrogen-bond acceptors (Lipinski definition) is 4. The smallest absolute Gasteiger partial charge is 0.338 e. The minimum atomic E-state index is -0.655. The fourth-order valence-electron chi connectivity index (χ4n) is 3.33. The Balaban J connectivity index is 1.85. The van der Waals surface area contributed by atoms with Crippen molar-refractivity contribution in [1.29, 1.82) is 0 Å². The van der Waals surface area contributed by atoms with Crippen molar-refractivity contribution in [3.05, 3.63) is 76.7 Å². The second-order valence-electron chi connectivity index (χ2n) is 7.92. The average Bonchev–Trinajstić information content (AvgIpc) is 2.72. The summed E-state index contributed by atoms with van der Waals surface area (Å²) in [6.07, 6.45) is -0.291. The summed E-state index contributed by atoms with van der Waals surface area (Å²) in [6, 6.07) is 12.4. The maximum absolute atomic E-state index is 13.8. The molecule has 0 spiro atoms. The van der Waals surface area contributed by atoms with Crippen LogP contribution in [0.3, 0.4) is 0 Å². The number of benzene rings is 2. The Morgan fingerprint density at radius 3 is 2.35 bits per heavy atom. The van der Waals surface area contributed by atoms with E-state index in [-0.39, 0.29) is 30.5 Å². The predicted molar refractivity (Wildman–Crippen MR) is 115 cm³/mol. The lowest BCUT2D eigenvalue weighted by Crippen LogP contribution is -2.47. The second kappa shape index (κ2) is 9.64. The molecule has 2 N–H and O–H groups in total. The summed E-state index contributed by atoms with van der Waals surface area (Å²) in [4.78, 5) is 25.1. The number of carbonyl (C=O) groups excluding carboxylic acids is 2. The number of amides is 2. The molecule has 31 heavy (non-hydrogen) atoms. The van der Waals surface area contributed by atoms with E-state index in [1.165, 1.54) is 6.07 Å². The molecule has 0 saturated heterocycles. The van der Waals surface area contributed by atoms with E-state index in [0.717, 1.165) is 0 Å². The van der Waals surface area contributed by atoms with Gasteiger partial charge in [-0.3, -0.25) is 0 Å². The number of hydrogen-bond donors (Lipinski definition) is 2. The van der Waals surface area contributed by atoms with Gasteiger partial charge in [-0.05, 0) is 43.5 Å². The topological polar surface area (TPSA) is 76.7 Å². The van der Waals surface area contributed by atoms with Gasteiger partial charge in [-0.25, -0.2) is 14.0 Å². The van der Waals surface area contributed by atoms with Crippen LogP contribution in [0.1, 0.15) is 44.9 Å². The number of urea groups is 1. The third kappa shape index (κ3) is 5.42. The van der Waals surface area contributed by atoms with Gasteiger partial charge in [-0.1, -0.05) is 44.2 Å². The first kappa shape index (κ1) is 22.3. The molecule has 0 aliphatic carbocycles. The van der Waals surface area contributed by atoms with Crippen molar-refractivity contribution in [2.45, 2.75) is 46.4 Å². The van der Waals surface area contributed by atoms with Crippen LogP contribution < -0.4 is 15.4 Å². The van der Waals surface area contributed by atoms with Crippen LogP contribution >= 0.6 is 0 Å². The molecule has 0 saturated carbocycles. The fraction of sp³-hybridized carbons (Fsp3) is 0.333. The number of esters is 1. The first-order valence-electron chi connectivity index (χ1n) is 10.2. The fourth-order valence-corrected chi connectivity index (χ4v) is 3.33. The normalized spacial score (nSPS) is 16.2. The summed E-state index contributed by atoms with van der Waals surface area (Å²) >= 11 is 0. The number of allylic oxidation sites excluding steroid dienone is 1. The number of halogens is 1. The minimum Gasteiger partial charge on any atom is -0.489 e. The Morgan fingerprint density at radius 2 is 1.74 bits per heavy atom. The number of carbonyl (C=O) groups is 2. The molecule has 3 rings (SSSR count). The van der Waals surface area contributed by atoms with Crippen molar-refractivity contribution in [3.8, 4) is 5.75 Å². The van der Waals surface area contributed by atoms with Gasteiger partial charge in [0.15, 0.2) is 0 Å². The lowest BCUT2D eigenvalue weighted by molar-refractivity contribution is -0.143. The van der Waals surface area contributed by atoms with Crippen LogP contribution in [-0.4, -0.2) is 18.1 Å². The highest BCUT2D eigenvalue weighted by Crippen LogP contribution is 2.31. The Morgan fingerprint density at radius 1 is 1.06 bits per heavy atom. The quantitative estimate of drug-likeness (QED) is 0.634. The van der Waals surface area contributed by atoms with Gasteiger partial charge in [0, 0.05) is 11.3 Å². The van der Waals surface area contributed by atoms with Crippen molar-refractivity contribution >= 4 is 12.0 Å². The van der Waals surface area contributed by atoms with E-state index in [2.05, 4.69) is 10.6 Å². The summed E-state index contributed by atoms with van der Waals surface area (Å²) in [5.41, 5.74) is 2.09. The second-order valence-corrected chi connectivity index (χ2v) is 7.92. The third-order valence-corrected chi connectivity index (χ3v) is 4.81. The molecule has 7 heteroatoms. The van der Waals surface area contributed by atoms with Crippen LogP contribution in [0.4, 0.5) is 9.18 Å². The lowest BCUT2D eigenvalue weighted by atomic mass is 9.91. The first-order chi connectivity index (χ1) is 14.8. The molecule has 1 atom stereocenters. The van der Waals surface area contributed by atoms with Crippen molar-refractivity contribution < 1.29 is 23.5 Å². The average molecular weight is 426 g/mol. The van der Waals surface area contributed by atoms with Gasteiger partial charge < -0.3 is 20.1 Å². The monoisotopic (exact) mass is 426 g/mol. The van der Waals surface area contributed by atoms with Gasteiger partial charge in [-0.2, -0.15) is 0 Å². The molecule has 1 aliphatic heterocycles. The lowest BCUT2D eigenvalue weighted by Gasteiger charge is -2.31. The molecule has 1 aliphatic rings. The number of rotatable bonds is 7. The highest BCUT2D eigenvalue weighted by molar-refractivity contribution is 5.95. The Kier molecular flexibility index (Phi) is 6.95. The highest BCUT2D eigenvalue weighted by Gasteiger charge is 2.35. The minimum absolute atomic E-state index is 0.0772. The molecule has 2 aromatic carbocycles. The van der Waals surface area contributed by atoms with Crippen molar-refractivity contribution in [1.82, 2.24) is 10.6 Å². The summed E-state index contributed by atoms with van der Waals surface area (Å²) in [7, 11) is 0. The summed E-state index contributed by atoms with van der Waals surface area (Å²) in [5, 5.41) is 5.55. The van der Waals surface area contributed by atoms with E-state index in [1.54, 1.807) is 56.3 Å². The van der Waals surface area contributed by atoms with Crippen LogP contribution in [0.25, 0.3) is 0 Å². The molecule has 0 aromatic heterocycles.